The zero-order valence-electron chi connectivity index (χ0n) is 9.53. The third kappa shape index (κ3) is 3.57. The fraction of sp³-hybridized carbons (Fsp3) is 0.545. The predicted molar refractivity (Wildman–Crippen MR) is 63.6 cm³/mol. The van der Waals surface area contributed by atoms with Gasteiger partial charge in [0.2, 0.25) is 0 Å². The van der Waals surface area contributed by atoms with Crippen LogP contribution < -0.4 is 5.73 Å². The van der Waals surface area contributed by atoms with Crippen molar-refractivity contribution in [3.63, 3.8) is 0 Å². The zero-order valence-corrected chi connectivity index (χ0v) is 10.3. The molecule has 0 amide bonds. The average molecular weight is 243 g/mol. The largest absolute Gasteiger partial charge is 0.480 e. The lowest BCUT2D eigenvalue weighted by molar-refractivity contribution is -0.142. The van der Waals surface area contributed by atoms with Gasteiger partial charge < -0.3 is 15.3 Å². The van der Waals surface area contributed by atoms with Gasteiger partial charge in [-0.15, -0.1) is 11.8 Å². The van der Waals surface area contributed by atoms with Crippen LogP contribution in [-0.4, -0.2) is 22.4 Å². The quantitative estimate of drug-likeness (QED) is 0.592. The van der Waals surface area contributed by atoms with Crippen molar-refractivity contribution in [2.45, 2.75) is 37.1 Å². The lowest BCUT2D eigenvalue weighted by Crippen LogP contribution is -2.44. The van der Waals surface area contributed by atoms with Crippen LogP contribution in [0.3, 0.4) is 0 Å². The van der Waals surface area contributed by atoms with Crippen molar-refractivity contribution >= 4 is 17.7 Å². The molecule has 1 aromatic heterocycles. The second-order valence-electron chi connectivity index (χ2n) is 4.02. The molecular formula is C11H17NO3S. The summed E-state index contributed by atoms with van der Waals surface area (Å²) in [5.74, 6) is 0.802. The van der Waals surface area contributed by atoms with Crippen LogP contribution >= 0.6 is 11.8 Å². The van der Waals surface area contributed by atoms with E-state index in [0.29, 0.717) is 6.42 Å². The van der Waals surface area contributed by atoms with E-state index in [9.17, 15) is 4.79 Å². The second kappa shape index (κ2) is 5.41. The van der Waals surface area contributed by atoms with Gasteiger partial charge in [0.05, 0.1) is 6.26 Å². The van der Waals surface area contributed by atoms with Crippen molar-refractivity contribution in [3.05, 3.63) is 18.1 Å². The van der Waals surface area contributed by atoms with Gasteiger partial charge in [-0.1, -0.05) is 0 Å². The molecule has 0 saturated heterocycles. The maximum atomic E-state index is 10.8. The van der Waals surface area contributed by atoms with E-state index in [4.69, 9.17) is 15.3 Å². The van der Waals surface area contributed by atoms with Gasteiger partial charge >= 0.3 is 5.97 Å². The van der Waals surface area contributed by atoms with E-state index in [1.54, 1.807) is 24.9 Å². The second-order valence-corrected chi connectivity index (χ2v) is 5.15. The van der Waals surface area contributed by atoms with E-state index in [-0.39, 0.29) is 0 Å². The first-order valence-corrected chi connectivity index (χ1v) is 6.11. The highest BCUT2D eigenvalue weighted by Gasteiger charge is 2.26. The Morgan fingerprint density at radius 3 is 2.88 bits per heavy atom. The molecule has 90 valence electrons. The Morgan fingerprint density at radius 2 is 2.38 bits per heavy atom. The van der Waals surface area contributed by atoms with Crippen LogP contribution in [0.2, 0.25) is 0 Å². The Bertz CT molecular complexity index is 360. The van der Waals surface area contributed by atoms with Gasteiger partial charge in [0, 0.05) is 4.90 Å². The summed E-state index contributed by atoms with van der Waals surface area (Å²) in [6.45, 7) is 3.45. The smallest absolute Gasteiger partial charge is 0.323 e. The number of carbonyl (C=O) groups is 1. The number of nitrogens with two attached hydrogens (primary N) is 1. The number of hydrogen-bond acceptors (Lipinski definition) is 4. The normalized spacial score (nSPS) is 14.7. The third-order valence-electron chi connectivity index (χ3n) is 2.40. The Balaban J connectivity index is 2.27. The number of carboxylic acids is 1. The summed E-state index contributed by atoms with van der Waals surface area (Å²) in [6.07, 6.45) is 2.91. The van der Waals surface area contributed by atoms with E-state index in [1.807, 2.05) is 13.0 Å². The number of thioether (sulfide) groups is 1. The topological polar surface area (TPSA) is 76.5 Å². The third-order valence-corrected chi connectivity index (χ3v) is 3.63. The Kier molecular flexibility index (Phi) is 4.44. The highest BCUT2D eigenvalue weighted by molar-refractivity contribution is 7.99. The van der Waals surface area contributed by atoms with Crippen LogP contribution in [0.4, 0.5) is 0 Å². The Hall–Kier alpha value is -0.940. The minimum absolute atomic E-state index is 0.478. The molecule has 0 fully saturated rings. The van der Waals surface area contributed by atoms with Crippen molar-refractivity contribution in [1.29, 1.82) is 0 Å². The molecule has 0 saturated carbocycles. The van der Waals surface area contributed by atoms with Gasteiger partial charge in [-0.25, -0.2) is 0 Å². The van der Waals surface area contributed by atoms with Crippen LogP contribution in [0, 0.1) is 6.92 Å². The van der Waals surface area contributed by atoms with E-state index in [2.05, 4.69) is 0 Å². The number of aliphatic carboxylic acids is 1. The van der Waals surface area contributed by atoms with Gasteiger partial charge in [0.25, 0.3) is 0 Å². The minimum atomic E-state index is -1.12. The monoisotopic (exact) mass is 243 g/mol. The van der Waals surface area contributed by atoms with Crippen molar-refractivity contribution in [2.75, 3.05) is 5.75 Å². The molecule has 0 aliphatic heterocycles. The molecule has 3 N–H and O–H groups in total. The summed E-state index contributed by atoms with van der Waals surface area (Å²) in [4.78, 5) is 11.9. The van der Waals surface area contributed by atoms with Crippen LogP contribution in [0.15, 0.2) is 21.6 Å². The molecule has 0 bridgehead atoms. The summed E-state index contributed by atoms with van der Waals surface area (Å²) >= 11 is 1.66. The maximum absolute atomic E-state index is 10.8. The van der Waals surface area contributed by atoms with Gasteiger partial charge in [0.1, 0.15) is 11.3 Å². The molecule has 0 spiro atoms. The summed E-state index contributed by atoms with van der Waals surface area (Å²) in [6, 6.07) is 1.92. The van der Waals surface area contributed by atoms with Crippen molar-refractivity contribution in [3.8, 4) is 0 Å². The molecule has 0 aliphatic rings. The fourth-order valence-electron chi connectivity index (χ4n) is 1.25. The molecule has 4 nitrogen and oxygen atoms in total. The van der Waals surface area contributed by atoms with Gasteiger partial charge in [0.15, 0.2) is 0 Å². The van der Waals surface area contributed by atoms with Crippen LogP contribution in [0.25, 0.3) is 0 Å². The molecule has 1 atom stereocenters. The first-order valence-electron chi connectivity index (χ1n) is 5.12. The van der Waals surface area contributed by atoms with Crippen molar-refractivity contribution in [1.82, 2.24) is 0 Å². The molecule has 1 rings (SSSR count). The molecule has 0 radical (unpaired) electrons. The lowest BCUT2D eigenvalue weighted by atomic mass is 9.98. The highest BCUT2D eigenvalue weighted by atomic mass is 32.2. The molecule has 5 heteroatoms. The summed E-state index contributed by atoms with van der Waals surface area (Å²) < 4.78 is 5.16. The molecule has 0 aromatic carbocycles. The van der Waals surface area contributed by atoms with Crippen LogP contribution in [-0.2, 0) is 4.79 Å². The van der Waals surface area contributed by atoms with Gasteiger partial charge in [-0.05, 0) is 38.5 Å². The maximum Gasteiger partial charge on any atom is 0.323 e. The number of hydrogen-bond donors (Lipinski definition) is 2. The summed E-state index contributed by atoms with van der Waals surface area (Å²) in [7, 11) is 0. The number of carboxylic acid groups (broad SMARTS) is 1. The molecule has 0 aliphatic carbocycles. The van der Waals surface area contributed by atoms with Gasteiger partial charge in [-0.2, -0.15) is 0 Å². The first kappa shape index (κ1) is 13.1. The van der Waals surface area contributed by atoms with E-state index < -0.39 is 11.5 Å². The van der Waals surface area contributed by atoms with E-state index in [0.717, 1.165) is 22.8 Å². The number of rotatable bonds is 6. The van der Waals surface area contributed by atoms with Crippen LogP contribution in [0.1, 0.15) is 25.5 Å². The van der Waals surface area contributed by atoms with E-state index >= 15 is 0 Å². The van der Waals surface area contributed by atoms with Crippen LogP contribution in [0.5, 0.6) is 0 Å². The standard InChI is InChI=1S/C11H17NO3S/c1-8-9(4-6-15-8)16-7-3-5-11(2,12)10(13)14/h4,6H,3,5,7,12H2,1-2H3,(H,13,14). The predicted octanol–water partition coefficient (Wildman–Crippen LogP) is 2.26. The van der Waals surface area contributed by atoms with Crippen molar-refractivity contribution < 1.29 is 14.3 Å². The highest BCUT2D eigenvalue weighted by Crippen LogP contribution is 2.24. The number of furan rings is 1. The molecule has 16 heavy (non-hydrogen) atoms. The fourth-order valence-corrected chi connectivity index (χ4v) is 2.16. The summed E-state index contributed by atoms with van der Waals surface area (Å²) in [5, 5.41) is 8.82. The number of aryl methyl sites for hydroxylation is 1. The van der Waals surface area contributed by atoms with Crippen molar-refractivity contribution in [2.24, 2.45) is 5.73 Å². The van der Waals surface area contributed by atoms with Gasteiger partial charge in [-0.3, -0.25) is 4.79 Å². The first-order chi connectivity index (χ1) is 7.43. The minimum Gasteiger partial charge on any atom is -0.480 e. The zero-order chi connectivity index (χ0) is 12.2. The average Bonchev–Trinajstić information content (AvgIpc) is 2.59. The SMILES string of the molecule is Cc1occc1SCCCC(C)(N)C(=O)O. The molecular weight excluding hydrogens is 226 g/mol. The lowest BCUT2D eigenvalue weighted by Gasteiger charge is -2.18. The Labute approximate surface area is 99.2 Å². The summed E-state index contributed by atoms with van der Waals surface area (Å²) in [5.41, 5.74) is 4.50. The molecule has 1 unspecified atom stereocenters. The molecule has 1 aromatic rings. The Morgan fingerprint density at radius 1 is 1.69 bits per heavy atom. The molecule has 1 heterocycles. The van der Waals surface area contributed by atoms with E-state index in [1.165, 1.54) is 0 Å².